The van der Waals surface area contributed by atoms with Gasteiger partial charge in [-0.15, -0.1) is 0 Å². The van der Waals surface area contributed by atoms with Crippen LogP contribution in [0.1, 0.15) is 11.5 Å². The monoisotopic (exact) mass is 344 g/mol. The molecule has 1 amide bonds. The number of amides is 1. The van der Waals surface area contributed by atoms with Crippen molar-refractivity contribution in [2.45, 2.75) is 19.6 Å². The molecule has 0 bridgehead atoms. The summed E-state index contributed by atoms with van der Waals surface area (Å²) in [6.45, 7) is 5.47. The van der Waals surface area contributed by atoms with Crippen LogP contribution in [0.25, 0.3) is 0 Å². The van der Waals surface area contributed by atoms with Gasteiger partial charge in [0, 0.05) is 51.8 Å². The zero-order chi connectivity index (χ0) is 17.2. The molecule has 1 saturated heterocycles. The summed E-state index contributed by atoms with van der Waals surface area (Å²) >= 11 is 0. The van der Waals surface area contributed by atoms with Crippen LogP contribution in [0.2, 0.25) is 0 Å². The topological polar surface area (TPSA) is 68.4 Å². The molecular formula is C17H24N6O2. The molecule has 1 atom stereocenters. The Morgan fingerprint density at radius 3 is 2.88 bits per heavy atom. The maximum atomic E-state index is 13.0. The van der Waals surface area contributed by atoms with E-state index in [1.54, 1.807) is 0 Å². The van der Waals surface area contributed by atoms with Crippen molar-refractivity contribution < 1.29 is 9.53 Å². The maximum absolute atomic E-state index is 13.0. The molecule has 2 aliphatic heterocycles. The second-order valence-electron chi connectivity index (χ2n) is 6.76. The lowest BCUT2D eigenvalue weighted by Crippen LogP contribution is -2.46. The summed E-state index contributed by atoms with van der Waals surface area (Å²) in [5.74, 6) is 1.11. The Morgan fingerprint density at radius 1 is 1.28 bits per heavy atom. The highest BCUT2D eigenvalue weighted by Gasteiger charge is 2.31. The molecule has 2 aromatic heterocycles. The minimum Gasteiger partial charge on any atom is -0.378 e. The van der Waals surface area contributed by atoms with Gasteiger partial charge in [-0.25, -0.2) is 4.98 Å². The third-order valence-electron chi connectivity index (χ3n) is 5.02. The summed E-state index contributed by atoms with van der Waals surface area (Å²) in [5.41, 5.74) is 1.14. The normalized spacial score (nSPS) is 21.8. The number of carbonyl (C=O) groups is 1. The Balaban J connectivity index is 1.54. The van der Waals surface area contributed by atoms with Crippen molar-refractivity contribution in [2.75, 3.05) is 32.8 Å². The van der Waals surface area contributed by atoms with Crippen LogP contribution in [0.15, 0.2) is 24.7 Å². The van der Waals surface area contributed by atoms with Crippen molar-refractivity contribution in [1.29, 1.82) is 0 Å². The highest BCUT2D eigenvalue weighted by molar-refractivity contribution is 5.79. The molecule has 0 aliphatic carbocycles. The number of hydrogen-bond acceptors (Lipinski definition) is 5. The van der Waals surface area contributed by atoms with Gasteiger partial charge in [0.2, 0.25) is 5.91 Å². The molecule has 0 aromatic carbocycles. The number of aryl methyl sites for hydroxylation is 1. The van der Waals surface area contributed by atoms with Gasteiger partial charge in [-0.2, -0.15) is 5.10 Å². The van der Waals surface area contributed by atoms with Crippen LogP contribution < -0.4 is 0 Å². The van der Waals surface area contributed by atoms with Crippen LogP contribution in [0.5, 0.6) is 0 Å². The predicted molar refractivity (Wildman–Crippen MR) is 90.4 cm³/mol. The van der Waals surface area contributed by atoms with Gasteiger partial charge < -0.3 is 14.2 Å². The van der Waals surface area contributed by atoms with E-state index in [0.717, 1.165) is 24.6 Å². The number of rotatable bonds is 3. The van der Waals surface area contributed by atoms with Gasteiger partial charge in [0.05, 0.1) is 37.9 Å². The molecule has 4 rings (SSSR count). The summed E-state index contributed by atoms with van der Waals surface area (Å²) in [4.78, 5) is 21.7. The molecule has 4 heterocycles. The number of carbonyl (C=O) groups excluding carboxylic acids is 1. The van der Waals surface area contributed by atoms with Gasteiger partial charge in [-0.3, -0.25) is 14.4 Å². The first-order valence-corrected chi connectivity index (χ1v) is 8.76. The van der Waals surface area contributed by atoms with Gasteiger partial charge >= 0.3 is 0 Å². The molecule has 0 saturated carbocycles. The lowest BCUT2D eigenvalue weighted by molar-refractivity contribution is -0.140. The molecule has 0 radical (unpaired) electrons. The van der Waals surface area contributed by atoms with E-state index >= 15 is 0 Å². The van der Waals surface area contributed by atoms with E-state index in [1.165, 1.54) is 0 Å². The zero-order valence-corrected chi connectivity index (χ0v) is 14.5. The number of fused-ring (bicyclic) bond motifs is 1. The Hall–Kier alpha value is -2.19. The molecule has 0 N–H and O–H groups in total. The van der Waals surface area contributed by atoms with E-state index in [2.05, 4.69) is 15.0 Å². The summed E-state index contributed by atoms with van der Waals surface area (Å²) < 4.78 is 9.38. The quantitative estimate of drug-likeness (QED) is 0.790. The fourth-order valence-electron chi connectivity index (χ4n) is 3.60. The molecule has 2 aromatic rings. The Morgan fingerprint density at radius 2 is 2.12 bits per heavy atom. The van der Waals surface area contributed by atoms with Crippen molar-refractivity contribution in [1.82, 2.24) is 29.1 Å². The van der Waals surface area contributed by atoms with E-state index < -0.39 is 0 Å². The fraction of sp³-hybridized carbons (Fsp3) is 0.588. The number of hydrogen-bond donors (Lipinski definition) is 0. The average Bonchev–Trinajstić information content (AvgIpc) is 3.19. The number of nitrogens with zero attached hydrogens (tertiary/aromatic N) is 6. The van der Waals surface area contributed by atoms with Crippen molar-refractivity contribution in [3.05, 3.63) is 36.2 Å². The second kappa shape index (κ2) is 6.97. The highest BCUT2D eigenvalue weighted by atomic mass is 16.5. The van der Waals surface area contributed by atoms with E-state index in [4.69, 9.17) is 4.74 Å². The fourth-order valence-corrected chi connectivity index (χ4v) is 3.60. The average molecular weight is 344 g/mol. The van der Waals surface area contributed by atoms with Crippen molar-refractivity contribution in [3.8, 4) is 0 Å². The first kappa shape index (κ1) is 16.3. The van der Waals surface area contributed by atoms with Crippen molar-refractivity contribution in [3.63, 3.8) is 0 Å². The smallest absolute Gasteiger partial charge is 0.229 e. The minimum absolute atomic E-state index is 0.0977. The van der Waals surface area contributed by atoms with Crippen LogP contribution in [0.4, 0.5) is 0 Å². The molecule has 2 aliphatic rings. The number of morpholine rings is 1. The number of imidazole rings is 1. The Labute approximate surface area is 147 Å². The van der Waals surface area contributed by atoms with E-state index in [0.29, 0.717) is 39.4 Å². The summed E-state index contributed by atoms with van der Waals surface area (Å²) in [5, 5.41) is 4.42. The molecule has 25 heavy (non-hydrogen) atoms. The number of aromatic nitrogens is 4. The molecule has 134 valence electrons. The SMILES string of the molecule is Cn1ccnc1CN1Cc2ccnn2CC(C(=O)N2CCOCC2)C1. The van der Waals surface area contributed by atoms with Gasteiger partial charge in [0.1, 0.15) is 5.82 Å². The largest absolute Gasteiger partial charge is 0.378 e. The van der Waals surface area contributed by atoms with Crippen molar-refractivity contribution in [2.24, 2.45) is 13.0 Å². The second-order valence-corrected chi connectivity index (χ2v) is 6.76. The molecular weight excluding hydrogens is 320 g/mol. The minimum atomic E-state index is -0.0977. The first-order chi connectivity index (χ1) is 12.2. The zero-order valence-electron chi connectivity index (χ0n) is 14.5. The van der Waals surface area contributed by atoms with Crippen LogP contribution in [-0.2, 0) is 36.2 Å². The van der Waals surface area contributed by atoms with Gasteiger partial charge in [-0.1, -0.05) is 0 Å². The maximum Gasteiger partial charge on any atom is 0.229 e. The van der Waals surface area contributed by atoms with Crippen LogP contribution in [0, 0.1) is 5.92 Å². The summed E-state index contributed by atoms with van der Waals surface area (Å²) in [7, 11) is 2.00. The molecule has 8 heteroatoms. The third kappa shape index (κ3) is 3.45. The first-order valence-electron chi connectivity index (χ1n) is 8.76. The van der Waals surface area contributed by atoms with E-state index in [-0.39, 0.29) is 11.8 Å². The molecule has 1 fully saturated rings. The Bertz CT molecular complexity index is 733. The van der Waals surface area contributed by atoms with Crippen LogP contribution in [0.3, 0.4) is 0 Å². The number of ether oxygens (including phenoxy) is 1. The van der Waals surface area contributed by atoms with Gasteiger partial charge in [0.15, 0.2) is 0 Å². The molecule has 1 unspecified atom stereocenters. The standard InChI is InChI=1S/C17H24N6O2/c1-20-5-4-18-16(20)13-21-10-14(11-23-15(12-21)2-3-19-23)17(24)22-6-8-25-9-7-22/h2-5,14H,6-13H2,1H3. The summed E-state index contributed by atoms with van der Waals surface area (Å²) in [6.07, 6.45) is 5.58. The highest BCUT2D eigenvalue weighted by Crippen LogP contribution is 2.20. The van der Waals surface area contributed by atoms with Crippen LogP contribution in [-0.4, -0.2) is 67.9 Å². The van der Waals surface area contributed by atoms with E-state index in [9.17, 15) is 4.79 Å². The van der Waals surface area contributed by atoms with Crippen molar-refractivity contribution >= 4 is 5.91 Å². The lowest BCUT2D eigenvalue weighted by Gasteiger charge is -2.31. The third-order valence-corrected chi connectivity index (χ3v) is 5.02. The summed E-state index contributed by atoms with van der Waals surface area (Å²) in [6, 6.07) is 2.03. The van der Waals surface area contributed by atoms with Gasteiger partial charge in [-0.05, 0) is 6.07 Å². The lowest BCUT2D eigenvalue weighted by atomic mass is 10.1. The van der Waals surface area contributed by atoms with E-state index in [1.807, 2.05) is 45.9 Å². The molecule has 8 nitrogen and oxygen atoms in total. The predicted octanol–water partition coefficient (Wildman–Crippen LogP) is 0.107. The Kier molecular flexibility index (Phi) is 4.54. The molecule has 0 spiro atoms. The van der Waals surface area contributed by atoms with Crippen LogP contribution >= 0.6 is 0 Å². The van der Waals surface area contributed by atoms with Gasteiger partial charge in [0.25, 0.3) is 0 Å².